The number of hydrogen-bond acceptors (Lipinski definition) is 4. The topological polar surface area (TPSA) is 58.2 Å². The van der Waals surface area contributed by atoms with Crippen molar-refractivity contribution in [3.63, 3.8) is 0 Å². The molecule has 2 atom stereocenters. The molecular formula is C20H22CuN2O2. The van der Waals surface area contributed by atoms with E-state index in [2.05, 4.69) is 10.6 Å². The van der Waals surface area contributed by atoms with E-state index in [0.717, 1.165) is 12.8 Å². The summed E-state index contributed by atoms with van der Waals surface area (Å²) >= 11 is 0. The average Bonchev–Trinajstić information content (AvgIpc) is 2.61. The van der Waals surface area contributed by atoms with Crippen LogP contribution in [0, 0.1) is 0 Å². The standard InChI is InChI=1S/C20H22N2O2.Cu/c23-19-11-5-1-7-15(19)13-21-17-9-3-4-10-18(17)22-14-16-8-2-6-12-20(16)24;/h1-2,5-8,11-14,17-18,21-22H,3-4,9-10H2;/b15-13-,16-14-;/t17-,18-;/m1./s1. The van der Waals surface area contributed by atoms with Gasteiger partial charge in [0.25, 0.3) is 0 Å². The van der Waals surface area contributed by atoms with E-state index >= 15 is 0 Å². The molecule has 0 aromatic heterocycles. The van der Waals surface area contributed by atoms with E-state index in [1.807, 2.05) is 36.7 Å². The van der Waals surface area contributed by atoms with Gasteiger partial charge in [0.2, 0.25) is 0 Å². The Labute approximate surface area is 159 Å². The molecule has 1 fully saturated rings. The summed E-state index contributed by atoms with van der Waals surface area (Å²) in [4.78, 5) is 23.6. The third-order valence-electron chi connectivity index (χ3n) is 4.51. The number of carbonyl (C=O) groups excluding carboxylic acids is 2. The van der Waals surface area contributed by atoms with Crippen LogP contribution in [0.5, 0.6) is 0 Å². The van der Waals surface area contributed by atoms with Crippen LogP contribution in [0.2, 0.25) is 0 Å². The first kappa shape index (κ1) is 19.2. The quantitative estimate of drug-likeness (QED) is 0.577. The van der Waals surface area contributed by atoms with E-state index in [0.29, 0.717) is 11.1 Å². The minimum absolute atomic E-state index is 0. The number of ketones is 2. The fourth-order valence-corrected chi connectivity index (χ4v) is 3.12. The van der Waals surface area contributed by atoms with Crippen molar-refractivity contribution >= 4 is 11.6 Å². The minimum Gasteiger partial charge on any atom is -0.386 e. The van der Waals surface area contributed by atoms with Crippen molar-refractivity contribution < 1.29 is 26.7 Å². The van der Waals surface area contributed by atoms with Crippen LogP contribution < -0.4 is 10.6 Å². The number of allylic oxidation sites excluding steroid dienone is 10. The van der Waals surface area contributed by atoms with E-state index in [1.165, 1.54) is 12.8 Å². The van der Waals surface area contributed by atoms with Crippen molar-refractivity contribution in [2.45, 2.75) is 37.8 Å². The van der Waals surface area contributed by atoms with E-state index in [1.54, 1.807) is 24.3 Å². The molecule has 1 radical (unpaired) electrons. The van der Waals surface area contributed by atoms with Crippen molar-refractivity contribution in [1.82, 2.24) is 10.6 Å². The molecule has 0 heterocycles. The number of nitrogens with one attached hydrogen (secondary N) is 2. The van der Waals surface area contributed by atoms with Crippen LogP contribution in [0.15, 0.2) is 72.2 Å². The summed E-state index contributed by atoms with van der Waals surface area (Å²) in [6.07, 6.45) is 22.1. The van der Waals surface area contributed by atoms with Crippen molar-refractivity contribution in [3.8, 4) is 0 Å². The van der Waals surface area contributed by atoms with Gasteiger partial charge in [-0.05, 0) is 37.1 Å². The third kappa shape index (κ3) is 5.18. The van der Waals surface area contributed by atoms with Gasteiger partial charge >= 0.3 is 0 Å². The number of rotatable bonds is 4. The molecule has 25 heavy (non-hydrogen) atoms. The van der Waals surface area contributed by atoms with Crippen LogP contribution in [0.3, 0.4) is 0 Å². The Balaban J connectivity index is 0.00000225. The van der Waals surface area contributed by atoms with Crippen molar-refractivity contribution in [2.24, 2.45) is 0 Å². The van der Waals surface area contributed by atoms with Crippen LogP contribution in [-0.4, -0.2) is 23.7 Å². The third-order valence-corrected chi connectivity index (χ3v) is 4.51. The second-order valence-corrected chi connectivity index (χ2v) is 6.20. The molecule has 0 aliphatic heterocycles. The van der Waals surface area contributed by atoms with E-state index in [9.17, 15) is 9.59 Å². The van der Waals surface area contributed by atoms with Crippen LogP contribution in [0.1, 0.15) is 25.7 Å². The van der Waals surface area contributed by atoms with Crippen LogP contribution in [-0.2, 0) is 26.7 Å². The molecule has 5 heteroatoms. The number of hydrogen-bond donors (Lipinski definition) is 2. The molecule has 0 saturated heterocycles. The molecule has 2 N–H and O–H groups in total. The second-order valence-electron chi connectivity index (χ2n) is 6.20. The first-order valence-corrected chi connectivity index (χ1v) is 8.44. The van der Waals surface area contributed by atoms with Crippen molar-refractivity contribution in [2.75, 3.05) is 0 Å². The molecular weight excluding hydrogens is 364 g/mol. The molecule has 3 aliphatic carbocycles. The molecule has 0 spiro atoms. The summed E-state index contributed by atoms with van der Waals surface area (Å²) in [7, 11) is 0. The maximum absolute atomic E-state index is 11.8. The molecule has 1 saturated carbocycles. The van der Waals surface area contributed by atoms with Gasteiger partial charge in [-0.1, -0.05) is 37.1 Å². The van der Waals surface area contributed by atoms with Crippen LogP contribution >= 0.6 is 0 Å². The van der Waals surface area contributed by atoms with Crippen LogP contribution in [0.4, 0.5) is 0 Å². The van der Waals surface area contributed by atoms with Gasteiger partial charge in [0, 0.05) is 52.7 Å². The van der Waals surface area contributed by atoms with Gasteiger partial charge in [-0.25, -0.2) is 0 Å². The summed E-state index contributed by atoms with van der Waals surface area (Å²) in [6, 6.07) is 0.488. The predicted octanol–water partition coefficient (Wildman–Crippen LogP) is 2.63. The van der Waals surface area contributed by atoms with Crippen molar-refractivity contribution in [3.05, 3.63) is 72.2 Å². The van der Waals surface area contributed by atoms with E-state index in [4.69, 9.17) is 0 Å². The smallest absolute Gasteiger partial charge is 0.187 e. The SMILES string of the molecule is O=C1C=CC=C/C1=C/N[C@@H]1CCCC[C@H]1N/C=C1/C=CC=CC1=O.[Cu]. The molecule has 3 aliphatic rings. The zero-order chi connectivity index (χ0) is 16.8. The molecule has 0 aromatic carbocycles. The zero-order valence-corrected chi connectivity index (χ0v) is 14.8. The van der Waals surface area contributed by atoms with Gasteiger partial charge in [-0.2, -0.15) is 0 Å². The molecule has 0 amide bonds. The Morgan fingerprint density at radius 2 is 1.12 bits per heavy atom. The summed E-state index contributed by atoms with van der Waals surface area (Å²) in [5, 5.41) is 6.79. The fraction of sp³-hybridized carbons (Fsp3) is 0.300. The molecule has 0 aromatic rings. The fourth-order valence-electron chi connectivity index (χ4n) is 3.12. The Morgan fingerprint density at radius 1 is 0.720 bits per heavy atom. The minimum atomic E-state index is 0. The Hall–Kier alpha value is -2.10. The summed E-state index contributed by atoms with van der Waals surface area (Å²) in [5.74, 6) is 0.0503. The molecule has 0 bridgehead atoms. The Kier molecular flexibility index (Phi) is 7.23. The largest absolute Gasteiger partial charge is 0.386 e. The van der Waals surface area contributed by atoms with E-state index < -0.39 is 0 Å². The summed E-state index contributed by atoms with van der Waals surface area (Å²) in [6.45, 7) is 0. The maximum atomic E-state index is 11.8. The second kappa shape index (κ2) is 9.40. The summed E-state index contributed by atoms with van der Waals surface area (Å²) in [5.41, 5.74) is 1.35. The van der Waals surface area contributed by atoms with Gasteiger partial charge in [0.05, 0.1) is 0 Å². The Morgan fingerprint density at radius 3 is 1.52 bits per heavy atom. The molecule has 0 unspecified atom stereocenters. The monoisotopic (exact) mass is 385 g/mol. The van der Waals surface area contributed by atoms with Gasteiger partial charge in [0.1, 0.15) is 0 Å². The van der Waals surface area contributed by atoms with Gasteiger partial charge in [-0.15, -0.1) is 0 Å². The molecule has 135 valence electrons. The average molecular weight is 386 g/mol. The van der Waals surface area contributed by atoms with Crippen LogP contribution in [0.25, 0.3) is 0 Å². The van der Waals surface area contributed by atoms with Gasteiger partial charge in [-0.3, -0.25) is 9.59 Å². The molecule has 4 nitrogen and oxygen atoms in total. The summed E-state index contributed by atoms with van der Waals surface area (Å²) < 4.78 is 0. The first-order valence-electron chi connectivity index (χ1n) is 8.44. The first-order chi connectivity index (χ1) is 11.7. The normalized spacial score (nSPS) is 28.3. The Bertz CT molecular complexity index is 638. The van der Waals surface area contributed by atoms with Gasteiger partial charge in [0.15, 0.2) is 11.6 Å². The maximum Gasteiger partial charge on any atom is 0.187 e. The zero-order valence-electron chi connectivity index (χ0n) is 13.9. The van der Waals surface area contributed by atoms with E-state index in [-0.39, 0.29) is 40.7 Å². The molecule has 3 rings (SSSR count). The van der Waals surface area contributed by atoms with Gasteiger partial charge < -0.3 is 10.6 Å². The predicted molar refractivity (Wildman–Crippen MR) is 95.1 cm³/mol. The number of carbonyl (C=O) groups is 2. The van der Waals surface area contributed by atoms with Crippen molar-refractivity contribution in [1.29, 1.82) is 0 Å².